The molecule has 0 spiro atoms. The van der Waals surface area contributed by atoms with Gasteiger partial charge in [0.15, 0.2) is 0 Å². The Labute approximate surface area is 235 Å². The molecular weight excluding hydrogens is 552 g/mol. The van der Waals surface area contributed by atoms with Crippen LogP contribution in [0.15, 0.2) is 97.3 Å². The molecule has 6 rings (SSSR count). The predicted molar refractivity (Wildman–Crippen MR) is 149 cm³/mol. The molecule has 9 heteroatoms. The molecule has 0 saturated heterocycles. The van der Waals surface area contributed by atoms with Crippen molar-refractivity contribution in [2.75, 3.05) is 0 Å². The highest BCUT2D eigenvalue weighted by Crippen LogP contribution is 2.43. The van der Waals surface area contributed by atoms with Gasteiger partial charge in [-0.3, -0.25) is 4.98 Å². The number of fused-ring (bicyclic) bond motifs is 3. The van der Waals surface area contributed by atoms with Crippen molar-refractivity contribution >= 4 is 21.8 Å². The largest absolute Gasteiger partial charge is 0.416 e. The molecule has 0 N–H and O–H groups in total. The summed E-state index contributed by atoms with van der Waals surface area (Å²) in [4.78, 5) is 4.03. The van der Waals surface area contributed by atoms with Crippen LogP contribution in [0.5, 0.6) is 0 Å². The van der Waals surface area contributed by atoms with Gasteiger partial charge < -0.3 is 4.57 Å². The van der Waals surface area contributed by atoms with Gasteiger partial charge in [-0.25, -0.2) is 0 Å². The SMILES string of the molecule is Cc1cc(-c2ccncc2)c(C#N)cc1-n1c2ccccc2c2cccc(-c3cc(C(F)(F)F)cc(C(F)(F)F)c3)c21. The van der Waals surface area contributed by atoms with Crippen LogP contribution in [0, 0.1) is 18.3 Å². The number of para-hydroxylation sites is 2. The molecule has 0 unspecified atom stereocenters. The first-order valence-electron chi connectivity index (χ1n) is 12.7. The van der Waals surface area contributed by atoms with E-state index in [-0.39, 0.29) is 17.2 Å². The zero-order chi connectivity index (χ0) is 29.8. The standard InChI is InChI=1S/C33H19F6N3/c1-19-13-28(20-9-11-41-12-10-20)22(18-40)16-30(19)42-29-8-3-2-5-26(29)27-7-4-6-25(31(27)42)21-14-23(32(34,35)36)17-24(15-21)33(37,38)39/h2-17H,1H3. The van der Waals surface area contributed by atoms with Crippen molar-refractivity contribution < 1.29 is 26.3 Å². The molecule has 4 aromatic carbocycles. The Morgan fingerprint density at radius 1 is 0.690 bits per heavy atom. The quantitative estimate of drug-likeness (QED) is 0.199. The fourth-order valence-corrected chi connectivity index (χ4v) is 5.41. The monoisotopic (exact) mass is 571 g/mol. The van der Waals surface area contributed by atoms with E-state index >= 15 is 0 Å². The zero-order valence-electron chi connectivity index (χ0n) is 21.8. The van der Waals surface area contributed by atoms with E-state index in [0.717, 1.165) is 28.6 Å². The summed E-state index contributed by atoms with van der Waals surface area (Å²) >= 11 is 0. The highest BCUT2D eigenvalue weighted by molar-refractivity contribution is 6.14. The lowest BCUT2D eigenvalue weighted by molar-refractivity contribution is -0.143. The fraction of sp³-hybridized carbons (Fsp3) is 0.0909. The van der Waals surface area contributed by atoms with Gasteiger partial charge in [-0.05, 0) is 77.7 Å². The summed E-state index contributed by atoms with van der Waals surface area (Å²) in [6.45, 7) is 1.84. The van der Waals surface area contributed by atoms with E-state index < -0.39 is 23.5 Å². The second-order valence-corrected chi connectivity index (χ2v) is 9.88. The van der Waals surface area contributed by atoms with E-state index in [9.17, 15) is 31.6 Å². The molecule has 0 aliphatic heterocycles. The maximum Gasteiger partial charge on any atom is 0.416 e. The lowest BCUT2D eigenvalue weighted by Gasteiger charge is -2.18. The fourth-order valence-electron chi connectivity index (χ4n) is 5.41. The topological polar surface area (TPSA) is 41.6 Å². The third-order valence-corrected chi connectivity index (χ3v) is 7.28. The maximum absolute atomic E-state index is 13.8. The van der Waals surface area contributed by atoms with Gasteiger partial charge in [0.1, 0.15) is 0 Å². The van der Waals surface area contributed by atoms with Crippen LogP contribution < -0.4 is 0 Å². The molecule has 0 atom stereocenters. The molecule has 3 nitrogen and oxygen atoms in total. The van der Waals surface area contributed by atoms with Crippen molar-refractivity contribution in [2.45, 2.75) is 19.3 Å². The number of nitrogens with zero attached hydrogens (tertiary/aromatic N) is 3. The number of aromatic nitrogens is 2. The smallest absolute Gasteiger partial charge is 0.308 e. The summed E-state index contributed by atoms with van der Waals surface area (Å²) in [5, 5.41) is 11.5. The molecule has 0 fully saturated rings. The molecule has 0 aliphatic rings. The summed E-state index contributed by atoms with van der Waals surface area (Å²) in [7, 11) is 0. The number of pyridine rings is 1. The van der Waals surface area contributed by atoms with Crippen LogP contribution in [0.2, 0.25) is 0 Å². The van der Waals surface area contributed by atoms with Gasteiger partial charge in [0.05, 0.1) is 39.5 Å². The lowest BCUT2D eigenvalue weighted by Crippen LogP contribution is -2.11. The minimum atomic E-state index is -4.99. The summed E-state index contributed by atoms with van der Waals surface area (Å²) in [5.74, 6) is 0. The molecule has 0 radical (unpaired) electrons. The first-order valence-corrected chi connectivity index (χ1v) is 12.7. The number of aryl methyl sites for hydroxylation is 1. The van der Waals surface area contributed by atoms with Crippen molar-refractivity contribution in [3.05, 3.63) is 120 Å². The van der Waals surface area contributed by atoms with Crippen LogP contribution >= 0.6 is 0 Å². The molecule has 0 saturated carbocycles. The summed E-state index contributed by atoms with van der Waals surface area (Å²) in [6.07, 6.45) is -6.75. The average molecular weight is 572 g/mol. The number of benzene rings is 4. The number of hydrogen-bond acceptors (Lipinski definition) is 2. The van der Waals surface area contributed by atoms with E-state index in [1.165, 1.54) is 6.07 Å². The molecule has 2 heterocycles. The third kappa shape index (κ3) is 4.55. The van der Waals surface area contributed by atoms with E-state index in [1.54, 1.807) is 53.4 Å². The van der Waals surface area contributed by atoms with Crippen molar-refractivity contribution in [3.8, 4) is 34.0 Å². The van der Waals surface area contributed by atoms with E-state index in [1.807, 2.05) is 31.2 Å². The average Bonchev–Trinajstić information content (AvgIpc) is 3.31. The maximum atomic E-state index is 13.8. The lowest BCUT2D eigenvalue weighted by atomic mass is 9.96. The van der Waals surface area contributed by atoms with E-state index in [4.69, 9.17) is 0 Å². The number of alkyl halides is 6. The molecule has 0 aliphatic carbocycles. The number of rotatable bonds is 3. The van der Waals surface area contributed by atoms with Gasteiger partial charge in [0.25, 0.3) is 0 Å². The summed E-state index contributed by atoms with van der Waals surface area (Å²) < 4.78 is 84.5. The van der Waals surface area contributed by atoms with Gasteiger partial charge in [-0.1, -0.05) is 36.4 Å². The Bertz CT molecular complexity index is 2000. The summed E-state index contributed by atoms with van der Waals surface area (Å²) in [6, 6.07) is 23.1. The number of hydrogen-bond donors (Lipinski definition) is 0. The molecule has 42 heavy (non-hydrogen) atoms. The van der Waals surface area contributed by atoms with Crippen LogP contribution in [-0.2, 0) is 12.4 Å². The highest BCUT2D eigenvalue weighted by Gasteiger charge is 2.37. The Balaban J connectivity index is 1.71. The highest BCUT2D eigenvalue weighted by atomic mass is 19.4. The molecule has 6 aromatic rings. The minimum absolute atomic E-state index is 0.125. The Morgan fingerprint density at radius 2 is 1.33 bits per heavy atom. The molecule has 0 bridgehead atoms. The van der Waals surface area contributed by atoms with E-state index in [0.29, 0.717) is 33.2 Å². The van der Waals surface area contributed by atoms with E-state index in [2.05, 4.69) is 11.1 Å². The minimum Gasteiger partial charge on any atom is -0.308 e. The van der Waals surface area contributed by atoms with Crippen molar-refractivity contribution in [3.63, 3.8) is 0 Å². The Hall–Kier alpha value is -5.10. The van der Waals surface area contributed by atoms with Crippen molar-refractivity contribution in [1.29, 1.82) is 5.26 Å². The number of halogens is 6. The van der Waals surface area contributed by atoms with Crippen molar-refractivity contribution in [2.24, 2.45) is 0 Å². The van der Waals surface area contributed by atoms with Gasteiger partial charge in [-0.15, -0.1) is 0 Å². The van der Waals surface area contributed by atoms with Crippen LogP contribution in [-0.4, -0.2) is 9.55 Å². The summed E-state index contributed by atoms with van der Waals surface area (Å²) in [5.41, 5.74) is 1.43. The van der Waals surface area contributed by atoms with Crippen LogP contribution in [0.4, 0.5) is 26.3 Å². The van der Waals surface area contributed by atoms with Gasteiger partial charge in [0.2, 0.25) is 0 Å². The third-order valence-electron chi connectivity index (χ3n) is 7.28. The van der Waals surface area contributed by atoms with Gasteiger partial charge in [0, 0.05) is 28.7 Å². The van der Waals surface area contributed by atoms with Crippen LogP contribution in [0.1, 0.15) is 22.3 Å². The first kappa shape index (κ1) is 27.1. The van der Waals surface area contributed by atoms with Gasteiger partial charge in [-0.2, -0.15) is 31.6 Å². The normalized spacial score (nSPS) is 12.1. The molecule has 208 valence electrons. The van der Waals surface area contributed by atoms with Crippen LogP contribution in [0.3, 0.4) is 0 Å². The second kappa shape index (κ2) is 9.77. The Morgan fingerprint density at radius 3 is 1.98 bits per heavy atom. The predicted octanol–water partition coefficient (Wildman–Crippen LogP) is 9.73. The second-order valence-electron chi connectivity index (χ2n) is 9.88. The first-order chi connectivity index (χ1) is 20.0. The number of nitriles is 1. The van der Waals surface area contributed by atoms with Crippen molar-refractivity contribution in [1.82, 2.24) is 9.55 Å². The Kier molecular flexibility index (Phi) is 6.30. The zero-order valence-corrected chi connectivity index (χ0v) is 21.8. The molecule has 2 aromatic heterocycles. The van der Waals surface area contributed by atoms with Crippen LogP contribution in [0.25, 0.3) is 49.7 Å². The van der Waals surface area contributed by atoms with Gasteiger partial charge >= 0.3 is 12.4 Å². The molecular formula is C33H19F6N3. The molecule has 0 amide bonds.